The summed E-state index contributed by atoms with van der Waals surface area (Å²) in [6.45, 7) is 2.84. The van der Waals surface area contributed by atoms with E-state index in [0.717, 1.165) is 19.4 Å². The predicted molar refractivity (Wildman–Crippen MR) is 69.9 cm³/mol. The molecule has 0 unspecified atom stereocenters. The Hall–Kier alpha value is -1.22. The van der Waals surface area contributed by atoms with Gasteiger partial charge < -0.3 is 9.64 Å². The molecule has 1 amide bonds. The fourth-order valence-corrected chi connectivity index (χ4v) is 1.75. The first-order valence-corrected chi connectivity index (χ1v) is 6.07. The number of halogens is 1. The normalized spacial score (nSPS) is 10.1. The van der Waals surface area contributed by atoms with Gasteiger partial charge in [0.1, 0.15) is 5.75 Å². The van der Waals surface area contributed by atoms with E-state index >= 15 is 0 Å². The molecule has 0 heterocycles. The van der Waals surface area contributed by atoms with E-state index in [-0.39, 0.29) is 5.91 Å². The van der Waals surface area contributed by atoms with Crippen LogP contribution in [0, 0.1) is 0 Å². The van der Waals surface area contributed by atoms with Crippen molar-refractivity contribution in [3.8, 4) is 5.75 Å². The number of hydrogen-bond acceptors (Lipinski definition) is 2. The van der Waals surface area contributed by atoms with Gasteiger partial charge in [0.05, 0.1) is 17.7 Å². The van der Waals surface area contributed by atoms with Crippen LogP contribution < -0.4 is 4.74 Å². The van der Waals surface area contributed by atoms with Crippen LogP contribution in [0.25, 0.3) is 0 Å². The number of carbonyl (C=O) groups is 1. The van der Waals surface area contributed by atoms with Gasteiger partial charge in [-0.05, 0) is 24.6 Å². The summed E-state index contributed by atoms with van der Waals surface area (Å²) in [4.78, 5) is 13.8. The van der Waals surface area contributed by atoms with Crippen LogP contribution in [0.15, 0.2) is 18.2 Å². The Bertz CT molecular complexity index is 393. The van der Waals surface area contributed by atoms with Crippen molar-refractivity contribution in [3.05, 3.63) is 28.8 Å². The molecule has 0 saturated heterocycles. The average Bonchev–Trinajstić information content (AvgIpc) is 2.34. The third kappa shape index (κ3) is 3.63. The molecule has 3 nitrogen and oxygen atoms in total. The highest BCUT2D eigenvalue weighted by atomic mass is 35.5. The van der Waals surface area contributed by atoms with E-state index in [4.69, 9.17) is 16.3 Å². The molecular formula is C13H18ClNO2. The number of unbranched alkanes of at least 4 members (excludes halogenated alkanes) is 1. The summed E-state index contributed by atoms with van der Waals surface area (Å²) in [6.07, 6.45) is 2.06. The second-order valence-electron chi connectivity index (χ2n) is 3.93. The molecule has 1 aromatic rings. The van der Waals surface area contributed by atoms with Gasteiger partial charge in [-0.25, -0.2) is 0 Å². The smallest absolute Gasteiger partial charge is 0.255 e. The average molecular weight is 256 g/mol. The van der Waals surface area contributed by atoms with Crippen LogP contribution in [0.5, 0.6) is 5.75 Å². The summed E-state index contributed by atoms with van der Waals surface area (Å²) in [7, 11) is 3.36. The van der Waals surface area contributed by atoms with Gasteiger partial charge in [-0.2, -0.15) is 0 Å². The third-order valence-electron chi connectivity index (χ3n) is 2.60. The Balaban J connectivity index is 2.81. The summed E-state index contributed by atoms with van der Waals surface area (Å²) in [5.41, 5.74) is 0.520. The molecule has 0 fully saturated rings. The number of nitrogens with zero attached hydrogens (tertiary/aromatic N) is 1. The summed E-state index contributed by atoms with van der Waals surface area (Å²) in [6, 6.07) is 5.10. The van der Waals surface area contributed by atoms with Crippen molar-refractivity contribution < 1.29 is 9.53 Å². The van der Waals surface area contributed by atoms with Crippen LogP contribution in [0.4, 0.5) is 0 Å². The molecule has 0 aliphatic rings. The zero-order valence-electron chi connectivity index (χ0n) is 10.5. The Kier molecular flexibility index (Phi) is 5.29. The van der Waals surface area contributed by atoms with E-state index in [1.807, 2.05) is 0 Å². The van der Waals surface area contributed by atoms with Crippen molar-refractivity contribution in [1.29, 1.82) is 0 Å². The van der Waals surface area contributed by atoms with Crippen LogP contribution in [0.2, 0.25) is 5.02 Å². The Morgan fingerprint density at radius 2 is 2.18 bits per heavy atom. The third-order valence-corrected chi connectivity index (χ3v) is 2.91. The highest BCUT2D eigenvalue weighted by Gasteiger charge is 2.15. The number of amides is 1. The molecule has 0 aliphatic carbocycles. The van der Waals surface area contributed by atoms with E-state index in [2.05, 4.69) is 6.92 Å². The van der Waals surface area contributed by atoms with Crippen molar-refractivity contribution in [2.45, 2.75) is 19.8 Å². The fraction of sp³-hybridized carbons (Fsp3) is 0.462. The number of carbonyl (C=O) groups excluding carboxylic acids is 1. The number of benzene rings is 1. The van der Waals surface area contributed by atoms with Gasteiger partial charge in [-0.3, -0.25) is 4.79 Å². The summed E-state index contributed by atoms with van der Waals surface area (Å²) in [5.74, 6) is 0.605. The molecule has 0 bridgehead atoms. The number of rotatable bonds is 5. The molecule has 1 aromatic carbocycles. The van der Waals surface area contributed by atoms with E-state index in [0.29, 0.717) is 16.3 Å². The van der Waals surface area contributed by atoms with Gasteiger partial charge in [-0.1, -0.05) is 24.9 Å². The van der Waals surface area contributed by atoms with E-state index < -0.39 is 0 Å². The zero-order valence-corrected chi connectivity index (χ0v) is 11.3. The lowest BCUT2D eigenvalue weighted by atomic mass is 10.2. The van der Waals surface area contributed by atoms with E-state index in [1.54, 1.807) is 37.3 Å². The summed E-state index contributed by atoms with van der Waals surface area (Å²) in [5, 5.41) is 0.428. The molecule has 0 atom stereocenters. The van der Waals surface area contributed by atoms with Crippen LogP contribution in [-0.4, -0.2) is 31.5 Å². The van der Waals surface area contributed by atoms with Crippen LogP contribution in [0.3, 0.4) is 0 Å². The standard InChI is InChI=1S/C13H18ClNO2/c1-4-5-8-15(2)13(16)11-7-6-10(17-3)9-12(11)14/h6-7,9H,4-5,8H2,1-3H3. The Labute approximate surface area is 107 Å². The van der Waals surface area contributed by atoms with Gasteiger partial charge >= 0.3 is 0 Å². The number of methoxy groups -OCH3 is 1. The van der Waals surface area contributed by atoms with Crippen molar-refractivity contribution >= 4 is 17.5 Å². The highest BCUT2D eigenvalue weighted by Crippen LogP contribution is 2.23. The topological polar surface area (TPSA) is 29.5 Å². The Morgan fingerprint density at radius 1 is 1.47 bits per heavy atom. The monoisotopic (exact) mass is 255 g/mol. The molecule has 94 valence electrons. The van der Waals surface area contributed by atoms with Crippen molar-refractivity contribution in [2.75, 3.05) is 20.7 Å². The molecule has 1 rings (SSSR count). The van der Waals surface area contributed by atoms with Gasteiger partial charge in [0.15, 0.2) is 0 Å². The summed E-state index contributed by atoms with van der Waals surface area (Å²) < 4.78 is 5.05. The SMILES string of the molecule is CCCCN(C)C(=O)c1ccc(OC)cc1Cl. The van der Waals surface area contributed by atoms with E-state index in [9.17, 15) is 4.79 Å². The minimum absolute atomic E-state index is 0.0499. The van der Waals surface area contributed by atoms with Gasteiger partial charge in [0.25, 0.3) is 5.91 Å². The first kappa shape index (κ1) is 13.8. The van der Waals surface area contributed by atoms with Crippen LogP contribution in [-0.2, 0) is 0 Å². The van der Waals surface area contributed by atoms with Crippen molar-refractivity contribution in [3.63, 3.8) is 0 Å². The maximum absolute atomic E-state index is 12.1. The first-order chi connectivity index (χ1) is 8.10. The second-order valence-corrected chi connectivity index (χ2v) is 4.33. The molecule has 4 heteroatoms. The predicted octanol–water partition coefficient (Wildman–Crippen LogP) is 3.22. The molecular weight excluding hydrogens is 238 g/mol. The Morgan fingerprint density at radius 3 is 2.71 bits per heavy atom. The minimum atomic E-state index is -0.0499. The van der Waals surface area contributed by atoms with Crippen molar-refractivity contribution in [1.82, 2.24) is 4.90 Å². The molecule has 0 saturated carbocycles. The highest BCUT2D eigenvalue weighted by molar-refractivity contribution is 6.34. The zero-order chi connectivity index (χ0) is 12.8. The lowest BCUT2D eigenvalue weighted by Gasteiger charge is -2.17. The largest absolute Gasteiger partial charge is 0.497 e. The minimum Gasteiger partial charge on any atom is -0.497 e. The lowest BCUT2D eigenvalue weighted by Crippen LogP contribution is -2.27. The summed E-state index contributed by atoms with van der Waals surface area (Å²) >= 11 is 6.05. The van der Waals surface area contributed by atoms with Crippen molar-refractivity contribution in [2.24, 2.45) is 0 Å². The quantitative estimate of drug-likeness (QED) is 0.809. The molecule has 0 aromatic heterocycles. The number of ether oxygens (including phenoxy) is 1. The lowest BCUT2D eigenvalue weighted by molar-refractivity contribution is 0.0793. The molecule has 0 aliphatic heterocycles. The first-order valence-electron chi connectivity index (χ1n) is 5.69. The molecule has 0 radical (unpaired) electrons. The van der Waals surface area contributed by atoms with Crippen LogP contribution in [0.1, 0.15) is 30.1 Å². The van der Waals surface area contributed by atoms with E-state index in [1.165, 1.54) is 0 Å². The maximum Gasteiger partial charge on any atom is 0.255 e. The second kappa shape index (κ2) is 6.50. The molecule has 0 spiro atoms. The van der Waals surface area contributed by atoms with Gasteiger partial charge in [0, 0.05) is 13.6 Å². The molecule has 0 N–H and O–H groups in total. The fourth-order valence-electron chi connectivity index (χ4n) is 1.50. The number of hydrogen-bond donors (Lipinski definition) is 0. The van der Waals surface area contributed by atoms with Gasteiger partial charge in [0.2, 0.25) is 0 Å². The molecule has 17 heavy (non-hydrogen) atoms. The van der Waals surface area contributed by atoms with Crippen LogP contribution >= 0.6 is 11.6 Å². The van der Waals surface area contributed by atoms with Gasteiger partial charge in [-0.15, -0.1) is 0 Å². The maximum atomic E-state index is 12.1.